The summed E-state index contributed by atoms with van der Waals surface area (Å²) in [5, 5.41) is 10.6. The van der Waals surface area contributed by atoms with Gasteiger partial charge in [0, 0.05) is 25.7 Å². The van der Waals surface area contributed by atoms with Crippen molar-refractivity contribution < 1.29 is 80.2 Å². The zero-order valence-corrected chi connectivity index (χ0v) is 66.3. The second-order valence-corrected chi connectivity index (χ2v) is 29.9. The summed E-state index contributed by atoms with van der Waals surface area (Å²) in [5.74, 6) is -2.22. The summed E-state index contributed by atoms with van der Waals surface area (Å²) in [7, 11) is -9.97. The van der Waals surface area contributed by atoms with Crippen LogP contribution in [0.3, 0.4) is 0 Å². The number of carbonyl (C=O) groups excluding carboxylic acids is 4. The monoisotopic (exact) mass is 1480 g/mol. The summed E-state index contributed by atoms with van der Waals surface area (Å²) in [4.78, 5) is 73.0. The highest BCUT2D eigenvalue weighted by atomic mass is 31.2. The second-order valence-electron chi connectivity index (χ2n) is 27.0. The predicted molar refractivity (Wildman–Crippen MR) is 418 cm³/mol. The van der Waals surface area contributed by atoms with Gasteiger partial charge in [0.25, 0.3) is 0 Å². The second kappa shape index (κ2) is 75.2. The van der Waals surface area contributed by atoms with Gasteiger partial charge in [-0.1, -0.05) is 273 Å². The van der Waals surface area contributed by atoms with E-state index in [1.54, 1.807) is 0 Å². The molecule has 0 aromatic carbocycles. The van der Waals surface area contributed by atoms with Gasteiger partial charge >= 0.3 is 39.5 Å². The molecule has 0 saturated heterocycles. The first-order valence-corrected chi connectivity index (χ1v) is 43.5. The molecular weight excluding hydrogens is 1330 g/mol. The van der Waals surface area contributed by atoms with Crippen LogP contribution in [-0.2, 0) is 65.4 Å². The molecule has 0 amide bonds. The Morgan fingerprint density at radius 2 is 0.510 bits per heavy atom. The highest BCUT2D eigenvalue weighted by Crippen LogP contribution is 2.45. The van der Waals surface area contributed by atoms with Crippen molar-refractivity contribution in [1.29, 1.82) is 0 Å². The third-order valence-corrected chi connectivity index (χ3v) is 18.9. The molecule has 2 unspecified atom stereocenters. The summed E-state index contributed by atoms with van der Waals surface area (Å²) in [6.45, 7) is 4.71. The maximum Gasteiger partial charge on any atom is 0.472 e. The van der Waals surface area contributed by atoms with Crippen molar-refractivity contribution in [3.8, 4) is 0 Å². The molecule has 3 N–H and O–H groups in total. The van der Waals surface area contributed by atoms with E-state index in [1.165, 1.54) is 89.9 Å². The number of phosphoric acid groups is 2. The van der Waals surface area contributed by atoms with Crippen LogP contribution in [0.5, 0.6) is 0 Å². The average Bonchev–Trinajstić information content (AvgIpc) is 1.21. The van der Waals surface area contributed by atoms with Gasteiger partial charge in [-0.3, -0.25) is 37.3 Å². The number of carbonyl (C=O) groups is 4. The minimum absolute atomic E-state index is 0.0543. The lowest BCUT2D eigenvalue weighted by molar-refractivity contribution is -0.161. The largest absolute Gasteiger partial charge is 0.472 e. The number of ether oxygens (including phenoxy) is 4. The van der Waals surface area contributed by atoms with E-state index < -0.39 is 97.5 Å². The molecule has 0 aromatic heterocycles. The lowest BCUT2D eigenvalue weighted by atomic mass is 10.1. The Morgan fingerprint density at radius 1 is 0.284 bits per heavy atom. The Labute approximate surface area is 620 Å². The van der Waals surface area contributed by atoms with Gasteiger partial charge in [-0.2, -0.15) is 0 Å². The van der Waals surface area contributed by atoms with Gasteiger partial charge < -0.3 is 33.8 Å². The van der Waals surface area contributed by atoms with Crippen LogP contribution >= 0.6 is 15.6 Å². The molecule has 0 spiro atoms. The molecule has 0 aliphatic heterocycles. The number of esters is 4. The number of unbranched alkanes of at least 4 members (excludes halogenated alkanes) is 34. The van der Waals surface area contributed by atoms with Crippen molar-refractivity contribution in [2.24, 2.45) is 0 Å². The standard InChI is InChI=1S/C83H146O17P2/c1-5-9-13-17-21-25-29-33-36-37-38-39-42-46-50-54-58-62-66-70-83(88)100-79(74-94-81(86)68-64-60-56-52-48-44-40-34-30-26-22-18-14-10-6-2)76-98-102(91,92)96-72-77(84)71-95-101(89,90)97-75-78(73-93-80(85)67-63-59-55-51-47-43-32-28-24-20-16-12-8-4)99-82(87)69-65-61-57-53-49-45-41-35-31-27-23-19-15-11-7-3/h9,13,21,25,27-28,31-34,36,38-40,46,50,77-79,84H,5-8,10-12,14-20,22-24,26,29-30,35,37,41-45,47-49,51-76H2,1-4H3,(H,89,90)(H,91,92)/b13-9-,25-21-,31-27-,32-28-,36-33-,39-38-,40-34-,50-46-/t77-,78+,79+/m0/s1. The van der Waals surface area contributed by atoms with Gasteiger partial charge in [0.2, 0.25) is 0 Å². The smallest absolute Gasteiger partial charge is 0.462 e. The van der Waals surface area contributed by atoms with Crippen molar-refractivity contribution in [2.75, 3.05) is 39.6 Å². The number of aliphatic hydroxyl groups excluding tert-OH is 1. The first kappa shape index (κ1) is 98.0. The molecule has 102 heavy (non-hydrogen) atoms. The van der Waals surface area contributed by atoms with Crippen LogP contribution in [0.1, 0.15) is 349 Å². The van der Waals surface area contributed by atoms with E-state index in [0.717, 1.165) is 180 Å². The van der Waals surface area contributed by atoms with Gasteiger partial charge in [-0.05, 0) is 148 Å². The quantitative estimate of drug-likeness (QED) is 0.0169. The number of hydrogen-bond donors (Lipinski definition) is 3. The van der Waals surface area contributed by atoms with Crippen molar-refractivity contribution in [2.45, 2.75) is 367 Å². The SMILES string of the molecule is CC/C=C\C/C=C\C/C=C\C/C=C\C/C=C\CCCCCC(=O)O[C@H](COC(=O)CCCCCCC/C=C\CCCCCCCC)COP(=O)(O)OC[C@@H](O)COP(=O)(O)OC[C@@H](COC(=O)CCCCCCC/C=C\CCCCCC)OC(=O)CCCCCCCCC/C=C\CCCCCC. The number of allylic oxidation sites excluding steroid dienone is 16. The van der Waals surface area contributed by atoms with E-state index in [2.05, 4.69) is 125 Å². The maximum absolute atomic E-state index is 13.1. The first-order valence-electron chi connectivity index (χ1n) is 40.5. The van der Waals surface area contributed by atoms with Crippen molar-refractivity contribution in [3.05, 3.63) is 97.2 Å². The molecule has 0 bridgehead atoms. The van der Waals surface area contributed by atoms with Gasteiger partial charge in [0.15, 0.2) is 12.2 Å². The van der Waals surface area contributed by atoms with Gasteiger partial charge in [-0.25, -0.2) is 9.13 Å². The number of aliphatic hydroxyl groups is 1. The van der Waals surface area contributed by atoms with Crippen LogP contribution in [0.15, 0.2) is 97.2 Å². The Morgan fingerprint density at radius 3 is 0.814 bits per heavy atom. The molecule has 0 heterocycles. The molecule has 0 aliphatic rings. The topological polar surface area (TPSA) is 237 Å². The summed E-state index contributed by atoms with van der Waals surface area (Å²) in [6.07, 6.45) is 79.5. The molecule has 0 saturated carbocycles. The first-order chi connectivity index (χ1) is 49.7. The van der Waals surface area contributed by atoms with Crippen LogP contribution in [0.2, 0.25) is 0 Å². The van der Waals surface area contributed by atoms with Crippen molar-refractivity contribution in [1.82, 2.24) is 0 Å². The van der Waals surface area contributed by atoms with E-state index in [0.29, 0.717) is 25.7 Å². The molecule has 5 atom stereocenters. The third kappa shape index (κ3) is 74.3. The molecule has 590 valence electrons. The van der Waals surface area contributed by atoms with E-state index >= 15 is 0 Å². The molecule has 0 aliphatic carbocycles. The van der Waals surface area contributed by atoms with Crippen molar-refractivity contribution in [3.63, 3.8) is 0 Å². The summed E-state index contributed by atoms with van der Waals surface area (Å²) < 4.78 is 68.6. The Balaban J connectivity index is 5.39. The molecule has 0 rings (SSSR count). The summed E-state index contributed by atoms with van der Waals surface area (Å²) in [6, 6.07) is 0. The number of hydrogen-bond acceptors (Lipinski definition) is 15. The van der Waals surface area contributed by atoms with Crippen molar-refractivity contribution >= 4 is 39.5 Å². The highest BCUT2D eigenvalue weighted by molar-refractivity contribution is 7.47. The molecular formula is C83H146O17P2. The fourth-order valence-electron chi connectivity index (χ4n) is 10.8. The van der Waals surface area contributed by atoms with Gasteiger partial charge in [-0.15, -0.1) is 0 Å². The minimum Gasteiger partial charge on any atom is -0.462 e. The van der Waals surface area contributed by atoms with Crippen LogP contribution in [0.4, 0.5) is 0 Å². The number of rotatable bonds is 76. The van der Waals surface area contributed by atoms with Gasteiger partial charge in [0.1, 0.15) is 19.3 Å². The Hall–Kier alpha value is -4.02. The zero-order chi connectivity index (χ0) is 74.6. The summed E-state index contributed by atoms with van der Waals surface area (Å²) >= 11 is 0. The average molecular weight is 1480 g/mol. The fraction of sp³-hybridized carbons (Fsp3) is 0.759. The van der Waals surface area contributed by atoms with E-state index in [-0.39, 0.29) is 25.7 Å². The van der Waals surface area contributed by atoms with Crippen LogP contribution < -0.4 is 0 Å². The number of phosphoric ester groups is 2. The lowest BCUT2D eigenvalue weighted by Gasteiger charge is -2.21. The van der Waals surface area contributed by atoms with Crippen LogP contribution in [0.25, 0.3) is 0 Å². The molecule has 0 fully saturated rings. The van der Waals surface area contributed by atoms with Crippen LogP contribution in [0, 0.1) is 0 Å². The van der Waals surface area contributed by atoms with Gasteiger partial charge in [0.05, 0.1) is 26.4 Å². The highest BCUT2D eigenvalue weighted by Gasteiger charge is 2.30. The third-order valence-electron chi connectivity index (χ3n) is 17.0. The Bertz CT molecular complexity index is 2310. The molecule has 19 heteroatoms. The van der Waals surface area contributed by atoms with E-state index in [9.17, 15) is 43.2 Å². The maximum atomic E-state index is 13.1. The van der Waals surface area contributed by atoms with E-state index in [1.807, 2.05) is 0 Å². The van der Waals surface area contributed by atoms with Crippen LogP contribution in [-0.4, -0.2) is 96.7 Å². The lowest BCUT2D eigenvalue weighted by Crippen LogP contribution is -2.30. The zero-order valence-electron chi connectivity index (χ0n) is 64.5. The molecule has 0 aromatic rings. The van der Waals surface area contributed by atoms with E-state index in [4.69, 9.17) is 37.0 Å². The normalized spacial score (nSPS) is 14.4. The fourth-order valence-corrected chi connectivity index (χ4v) is 12.4. The Kier molecular flexibility index (Phi) is 72.3. The molecule has 0 radical (unpaired) electrons. The predicted octanol–water partition coefficient (Wildman–Crippen LogP) is 23.6. The summed E-state index contributed by atoms with van der Waals surface area (Å²) in [5.41, 5.74) is 0. The minimum atomic E-state index is -4.99. The molecule has 17 nitrogen and oxygen atoms in total.